The molecule has 0 unspecified atom stereocenters. The Morgan fingerprint density at radius 2 is 1.52 bits per heavy atom. The van der Waals surface area contributed by atoms with E-state index in [1.807, 2.05) is 91.9 Å². The Labute approximate surface area is 244 Å². The summed E-state index contributed by atoms with van der Waals surface area (Å²) in [6, 6.07) is 33.6. The van der Waals surface area contributed by atoms with E-state index in [0.29, 0.717) is 34.5 Å². The summed E-state index contributed by atoms with van der Waals surface area (Å²) in [5.74, 6) is 2.61. The largest absolute Gasteiger partial charge is 0.487 e. The van der Waals surface area contributed by atoms with Gasteiger partial charge in [-0.15, -0.1) is 0 Å². The first-order valence-corrected chi connectivity index (χ1v) is 13.5. The van der Waals surface area contributed by atoms with Crippen LogP contribution in [0.25, 0.3) is 11.5 Å². The molecule has 0 bridgehead atoms. The molecular formula is C34H30N2O6. The fraction of sp³-hybridized carbons (Fsp3) is 0.147. The molecule has 1 heterocycles. The van der Waals surface area contributed by atoms with Crippen molar-refractivity contribution < 1.29 is 28.3 Å². The molecule has 5 rings (SSSR count). The lowest BCUT2D eigenvalue weighted by molar-refractivity contribution is -0.135. The number of carbonyl (C=O) groups excluding carboxylic acids is 1. The van der Waals surface area contributed by atoms with E-state index in [0.717, 1.165) is 16.8 Å². The van der Waals surface area contributed by atoms with Crippen LogP contribution in [0, 0.1) is 6.92 Å². The van der Waals surface area contributed by atoms with E-state index in [1.54, 1.807) is 31.2 Å². The molecule has 0 fully saturated rings. The van der Waals surface area contributed by atoms with Gasteiger partial charge in [-0.1, -0.05) is 65.8 Å². The molecule has 0 aliphatic carbocycles. The topological polar surface area (TPSA) is 92.4 Å². The standard InChI is InChI=1S/C34H30N2O6/c1-3-38-34(37)32(27-13-10-16-30(21-27)42-29-14-8-5-9-15-29)36-40-22-25-17-19-28(20-18-25)39-23-31-24(2)41-33(35-31)26-11-6-4-7-12-26/h4-21H,3,22-23H2,1-2H3/b36-32-. The molecule has 8 heteroatoms. The van der Waals surface area contributed by atoms with Gasteiger partial charge in [0, 0.05) is 11.1 Å². The van der Waals surface area contributed by atoms with Crippen LogP contribution in [0.1, 0.15) is 29.5 Å². The molecule has 0 aliphatic heterocycles. The number of oxazole rings is 1. The molecule has 42 heavy (non-hydrogen) atoms. The van der Waals surface area contributed by atoms with Gasteiger partial charge in [0.05, 0.1) is 6.61 Å². The predicted octanol–water partition coefficient (Wildman–Crippen LogP) is 7.51. The molecule has 0 N–H and O–H groups in total. The van der Waals surface area contributed by atoms with Crippen LogP contribution in [-0.2, 0) is 27.6 Å². The van der Waals surface area contributed by atoms with Crippen molar-refractivity contribution in [2.45, 2.75) is 27.1 Å². The Bertz CT molecular complexity index is 1630. The van der Waals surface area contributed by atoms with Crippen molar-refractivity contribution in [1.29, 1.82) is 0 Å². The third-order valence-corrected chi connectivity index (χ3v) is 6.15. The van der Waals surface area contributed by atoms with Gasteiger partial charge in [0.25, 0.3) is 0 Å². The molecule has 212 valence electrons. The maximum Gasteiger partial charge on any atom is 0.361 e. The molecule has 0 amide bonds. The van der Waals surface area contributed by atoms with Gasteiger partial charge in [-0.2, -0.15) is 0 Å². The zero-order valence-electron chi connectivity index (χ0n) is 23.4. The third-order valence-electron chi connectivity index (χ3n) is 6.15. The minimum absolute atomic E-state index is 0.0492. The number of para-hydroxylation sites is 1. The summed E-state index contributed by atoms with van der Waals surface area (Å²) in [5, 5.41) is 4.13. The van der Waals surface area contributed by atoms with E-state index < -0.39 is 5.97 Å². The SMILES string of the molecule is CCOC(=O)/C(=N\OCc1ccc(OCc2nc(-c3ccccc3)oc2C)cc1)c1cccc(Oc2ccccc2)c1. The molecule has 0 spiro atoms. The monoisotopic (exact) mass is 562 g/mol. The zero-order chi connectivity index (χ0) is 29.1. The molecule has 0 aliphatic rings. The van der Waals surface area contributed by atoms with Gasteiger partial charge in [-0.3, -0.25) is 0 Å². The second-order valence-corrected chi connectivity index (χ2v) is 9.20. The fourth-order valence-electron chi connectivity index (χ4n) is 4.01. The van der Waals surface area contributed by atoms with Crippen LogP contribution in [0.4, 0.5) is 0 Å². The molecule has 0 atom stereocenters. The first-order valence-electron chi connectivity index (χ1n) is 13.5. The summed E-state index contributed by atoms with van der Waals surface area (Å²) in [6.07, 6.45) is 0. The molecule has 1 aromatic heterocycles. The van der Waals surface area contributed by atoms with E-state index in [4.69, 9.17) is 23.5 Å². The quantitative estimate of drug-likeness (QED) is 0.0883. The maximum absolute atomic E-state index is 12.7. The summed E-state index contributed by atoms with van der Waals surface area (Å²) in [5.41, 5.74) is 3.07. The number of aryl methyl sites for hydroxylation is 1. The molecule has 0 saturated carbocycles. The molecule has 4 aromatic carbocycles. The second kappa shape index (κ2) is 13.8. The van der Waals surface area contributed by atoms with Crippen LogP contribution < -0.4 is 9.47 Å². The number of nitrogens with zero attached hydrogens (tertiary/aromatic N) is 2. The van der Waals surface area contributed by atoms with Crippen molar-refractivity contribution in [3.05, 3.63) is 132 Å². The second-order valence-electron chi connectivity index (χ2n) is 9.20. The van der Waals surface area contributed by atoms with Crippen LogP contribution in [0.2, 0.25) is 0 Å². The first-order chi connectivity index (χ1) is 20.6. The lowest BCUT2D eigenvalue weighted by Crippen LogP contribution is -2.19. The van der Waals surface area contributed by atoms with E-state index in [2.05, 4.69) is 10.1 Å². The minimum atomic E-state index is -0.586. The van der Waals surface area contributed by atoms with Crippen molar-refractivity contribution in [3.63, 3.8) is 0 Å². The number of esters is 1. The fourth-order valence-corrected chi connectivity index (χ4v) is 4.01. The van der Waals surface area contributed by atoms with Crippen LogP contribution in [0.3, 0.4) is 0 Å². The van der Waals surface area contributed by atoms with Gasteiger partial charge in [0.1, 0.15) is 41.9 Å². The summed E-state index contributed by atoms with van der Waals surface area (Å²) in [6.45, 7) is 4.24. The summed E-state index contributed by atoms with van der Waals surface area (Å²) in [4.78, 5) is 22.8. The molecule has 5 aromatic rings. The van der Waals surface area contributed by atoms with Crippen LogP contribution >= 0.6 is 0 Å². The Balaban J connectivity index is 1.20. The molecule has 0 saturated heterocycles. The van der Waals surface area contributed by atoms with Gasteiger partial charge in [0.15, 0.2) is 5.71 Å². The Morgan fingerprint density at radius 1 is 0.810 bits per heavy atom. The smallest absolute Gasteiger partial charge is 0.361 e. The first kappa shape index (κ1) is 28.2. The number of ether oxygens (including phenoxy) is 3. The van der Waals surface area contributed by atoms with Gasteiger partial charge in [-0.05, 0) is 67.9 Å². The summed E-state index contributed by atoms with van der Waals surface area (Å²) in [7, 11) is 0. The average Bonchev–Trinajstić information content (AvgIpc) is 3.40. The van der Waals surface area contributed by atoms with Gasteiger partial charge >= 0.3 is 5.97 Å². The average molecular weight is 563 g/mol. The number of hydrogen-bond acceptors (Lipinski definition) is 8. The van der Waals surface area contributed by atoms with Crippen molar-refractivity contribution in [2.24, 2.45) is 5.16 Å². The highest BCUT2D eigenvalue weighted by atomic mass is 16.6. The van der Waals surface area contributed by atoms with Gasteiger partial charge in [-0.25, -0.2) is 9.78 Å². The number of benzene rings is 4. The Morgan fingerprint density at radius 3 is 2.26 bits per heavy atom. The van der Waals surface area contributed by atoms with Crippen LogP contribution in [0.15, 0.2) is 119 Å². The Hall–Kier alpha value is -5.37. The zero-order valence-corrected chi connectivity index (χ0v) is 23.4. The highest BCUT2D eigenvalue weighted by Gasteiger charge is 2.18. The van der Waals surface area contributed by atoms with Crippen molar-refractivity contribution in [2.75, 3.05) is 6.61 Å². The minimum Gasteiger partial charge on any atom is -0.487 e. The number of oxime groups is 1. The highest BCUT2D eigenvalue weighted by molar-refractivity contribution is 6.43. The Kier molecular flexibility index (Phi) is 9.26. The molecular weight excluding hydrogens is 532 g/mol. The van der Waals surface area contributed by atoms with Crippen LogP contribution in [-0.4, -0.2) is 23.3 Å². The van der Waals surface area contributed by atoms with Crippen molar-refractivity contribution in [3.8, 4) is 28.7 Å². The summed E-state index contributed by atoms with van der Waals surface area (Å²) < 4.78 is 22.9. The lowest BCUT2D eigenvalue weighted by Gasteiger charge is -2.10. The van der Waals surface area contributed by atoms with E-state index in [-0.39, 0.29) is 25.5 Å². The van der Waals surface area contributed by atoms with E-state index in [9.17, 15) is 4.79 Å². The lowest BCUT2D eigenvalue weighted by atomic mass is 10.1. The number of aromatic nitrogens is 1. The third kappa shape index (κ3) is 7.42. The molecule has 0 radical (unpaired) electrons. The predicted molar refractivity (Wildman–Crippen MR) is 158 cm³/mol. The number of hydrogen-bond donors (Lipinski definition) is 0. The number of carbonyl (C=O) groups is 1. The van der Waals surface area contributed by atoms with Gasteiger partial charge in [0.2, 0.25) is 5.89 Å². The van der Waals surface area contributed by atoms with E-state index in [1.165, 1.54) is 0 Å². The maximum atomic E-state index is 12.7. The van der Waals surface area contributed by atoms with Gasteiger partial charge < -0.3 is 23.5 Å². The normalized spacial score (nSPS) is 11.1. The summed E-state index contributed by atoms with van der Waals surface area (Å²) >= 11 is 0. The van der Waals surface area contributed by atoms with Crippen molar-refractivity contribution >= 4 is 11.7 Å². The van der Waals surface area contributed by atoms with E-state index >= 15 is 0 Å². The highest BCUT2D eigenvalue weighted by Crippen LogP contribution is 2.24. The van der Waals surface area contributed by atoms with Crippen LogP contribution in [0.5, 0.6) is 17.2 Å². The van der Waals surface area contributed by atoms with Crippen molar-refractivity contribution in [1.82, 2.24) is 4.98 Å². The number of rotatable bonds is 12. The molecule has 8 nitrogen and oxygen atoms in total.